The molecule has 2 aromatic carbocycles. The summed E-state index contributed by atoms with van der Waals surface area (Å²) in [5.74, 6) is -0.101. The number of nitrogens with zero attached hydrogens (tertiary/aromatic N) is 1. The highest BCUT2D eigenvalue weighted by Gasteiger charge is 2.34. The van der Waals surface area contributed by atoms with Gasteiger partial charge in [0.05, 0.1) is 28.9 Å². The lowest BCUT2D eigenvalue weighted by Gasteiger charge is -2.33. The van der Waals surface area contributed by atoms with Crippen LogP contribution < -0.4 is 5.32 Å². The Hall–Kier alpha value is -3.51. The van der Waals surface area contributed by atoms with Gasteiger partial charge in [0.1, 0.15) is 5.00 Å². The Morgan fingerprint density at radius 2 is 1.84 bits per heavy atom. The number of pyridine rings is 1. The minimum atomic E-state index is -0.366. The first kappa shape index (κ1) is 26.1. The standard InChI is InChI=1S/C32H34N2O3S/c1-6-37-31(36)28-23-16-15-21(32(3,4)5)17-27(23)38-30(28)34-29(35)24-18-26(20-13-11-19(2)12-14-20)33-25-10-8-7-9-22(24)25/h7-14,18,21H,6,15-17H2,1-5H3,(H,34,35). The van der Waals surface area contributed by atoms with Gasteiger partial charge in [0.2, 0.25) is 0 Å². The molecule has 38 heavy (non-hydrogen) atoms. The third kappa shape index (κ3) is 5.10. The van der Waals surface area contributed by atoms with E-state index in [1.54, 1.807) is 6.92 Å². The highest BCUT2D eigenvalue weighted by Crippen LogP contribution is 2.44. The quantitative estimate of drug-likeness (QED) is 0.269. The first-order chi connectivity index (χ1) is 18.2. The second-order valence-corrected chi connectivity index (χ2v) is 12.2. The summed E-state index contributed by atoms with van der Waals surface area (Å²) < 4.78 is 5.44. The normalized spacial score (nSPS) is 15.2. The monoisotopic (exact) mass is 526 g/mol. The van der Waals surface area contributed by atoms with Crippen LogP contribution in [0.4, 0.5) is 5.00 Å². The Kier molecular flexibility index (Phi) is 7.10. The molecule has 5 nitrogen and oxygen atoms in total. The Bertz CT molecular complexity index is 1510. The summed E-state index contributed by atoms with van der Waals surface area (Å²) >= 11 is 1.52. The van der Waals surface area contributed by atoms with Crippen LogP contribution in [-0.2, 0) is 17.6 Å². The fourth-order valence-electron chi connectivity index (χ4n) is 5.24. The van der Waals surface area contributed by atoms with Crippen LogP contribution in [0.25, 0.3) is 22.2 Å². The zero-order chi connectivity index (χ0) is 27.0. The molecule has 4 aromatic rings. The molecule has 1 aliphatic carbocycles. The van der Waals surface area contributed by atoms with Crippen molar-refractivity contribution in [3.63, 3.8) is 0 Å². The van der Waals surface area contributed by atoms with Crippen molar-refractivity contribution in [2.45, 2.75) is 53.9 Å². The third-order valence-corrected chi connectivity index (χ3v) is 8.67. The van der Waals surface area contributed by atoms with Crippen LogP contribution in [0, 0.1) is 18.3 Å². The molecule has 5 rings (SSSR count). The van der Waals surface area contributed by atoms with E-state index in [-0.39, 0.29) is 23.9 Å². The van der Waals surface area contributed by atoms with E-state index in [0.717, 1.165) is 52.5 Å². The van der Waals surface area contributed by atoms with Crippen LogP contribution in [-0.4, -0.2) is 23.5 Å². The van der Waals surface area contributed by atoms with Gasteiger partial charge in [-0.3, -0.25) is 4.79 Å². The number of aryl methyl sites for hydroxylation is 1. The zero-order valence-corrected chi connectivity index (χ0v) is 23.5. The Morgan fingerprint density at radius 3 is 2.55 bits per heavy atom. The number of benzene rings is 2. The average molecular weight is 527 g/mol. The summed E-state index contributed by atoms with van der Waals surface area (Å²) in [4.78, 5) is 33.0. The molecule has 2 heterocycles. The van der Waals surface area contributed by atoms with Crippen LogP contribution >= 0.6 is 11.3 Å². The third-order valence-electron chi connectivity index (χ3n) is 7.50. The lowest BCUT2D eigenvalue weighted by atomic mass is 9.72. The average Bonchev–Trinajstić information content (AvgIpc) is 3.25. The maximum absolute atomic E-state index is 13.9. The van der Waals surface area contributed by atoms with Crippen molar-refractivity contribution in [3.8, 4) is 11.3 Å². The Balaban J connectivity index is 1.56. The van der Waals surface area contributed by atoms with Gasteiger partial charge >= 0.3 is 5.97 Å². The molecule has 1 amide bonds. The molecule has 1 unspecified atom stereocenters. The summed E-state index contributed by atoms with van der Waals surface area (Å²) in [5, 5.41) is 4.45. The number of amides is 1. The maximum Gasteiger partial charge on any atom is 0.341 e. The molecule has 2 aromatic heterocycles. The summed E-state index contributed by atoms with van der Waals surface area (Å²) in [6.45, 7) is 10.9. The van der Waals surface area contributed by atoms with E-state index in [2.05, 4.69) is 26.1 Å². The van der Waals surface area contributed by atoms with Crippen molar-refractivity contribution in [1.29, 1.82) is 0 Å². The van der Waals surface area contributed by atoms with Gasteiger partial charge in [0.25, 0.3) is 5.91 Å². The Labute approximate surface area is 228 Å². The van der Waals surface area contributed by atoms with E-state index in [1.165, 1.54) is 16.2 Å². The van der Waals surface area contributed by atoms with Gasteiger partial charge in [-0.1, -0.05) is 68.8 Å². The van der Waals surface area contributed by atoms with Crippen LogP contribution in [0.2, 0.25) is 0 Å². The number of thiophene rings is 1. The number of rotatable bonds is 5. The fourth-order valence-corrected chi connectivity index (χ4v) is 6.55. The molecule has 0 saturated carbocycles. The molecule has 0 radical (unpaired) electrons. The number of ether oxygens (including phenoxy) is 1. The maximum atomic E-state index is 13.9. The predicted octanol–water partition coefficient (Wildman–Crippen LogP) is 7.85. The number of carbonyl (C=O) groups excluding carboxylic acids is 2. The molecule has 1 N–H and O–H groups in total. The molecule has 0 saturated heterocycles. The van der Waals surface area contributed by atoms with Crippen molar-refractivity contribution in [1.82, 2.24) is 4.98 Å². The first-order valence-corrected chi connectivity index (χ1v) is 14.1. The van der Waals surface area contributed by atoms with E-state index in [0.29, 0.717) is 22.0 Å². The number of carbonyl (C=O) groups is 2. The van der Waals surface area contributed by atoms with Crippen molar-refractivity contribution < 1.29 is 14.3 Å². The van der Waals surface area contributed by atoms with Crippen LogP contribution in [0.15, 0.2) is 54.6 Å². The zero-order valence-electron chi connectivity index (χ0n) is 22.7. The largest absolute Gasteiger partial charge is 0.462 e. The summed E-state index contributed by atoms with van der Waals surface area (Å²) in [6.07, 6.45) is 2.73. The SMILES string of the molecule is CCOC(=O)c1c(NC(=O)c2cc(-c3ccc(C)cc3)nc3ccccc23)sc2c1CCC(C(C)(C)C)C2. The van der Waals surface area contributed by atoms with E-state index < -0.39 is 0 Å². The van der Waals surface area contributed by atoms with E-state index in [9.17, 15) is 9.59 Å². The molecule has 0 fully saturated rings. The number of para-hydroxylation sites is 1. The molecule has 196 valence electrons. The van der Waals surface area contributed by atoms with Gasteiger partial charge in [-0.2, -0.15) is 0 Å². The van der Waals surface area contributed by atoms with Gasteiger partial charge in [-0.15, -0.1) is 11.3 Å². The summed E-state index contributed by atoms with van der Waals surface area (Å²) in [7, 11) is 0. The molecule has 6 heteroatoms. The van der Waals surface area contributed by atoms with Crippen molar-refractivity contribution in [2.75, 3.05) is 11.9 Å². The Morgan fingerprint density at radius 1 is 1.11 bits per heavy atom. The molecular formula is C32H34N2O3S. The van der Waals surface area contributed by atoms with Crippen molar-refractivity contribution in [3.05, 3.63) is 81.7 Å². The van der Waals surface area contributed by atoms with E-state index >= 15 is 0 Å². The summed E-state index contributed by atoms with van der Waals surface area (Å²) in [6, 6.07) is 17.6. The van der Waals surface area contributed by atoms with Gasteiger partial charge in [-0.05, 0) is 62.1 Å². The van der Waals surface area contributed by atoms with Gasteiger partial charge < -0.3 is 10.1 Å². The minimum Gasteiger partial charge on any atom is -0.462 e. The van der Waals surface area contributed by atoms with Gasteiger partial charge in [0.15, 0.2) is 0 Å². The molecule has 0 spiro atoms. The molecule has 0 bridgehead atoms. The number of anilines is 1. The lowest BCUT2D eigenvalue weighted by Crippen LogP contribution is -2.26. The first-order valence-electron chi connectivity index (χ1n) is 13.3. The van der Waals surface area contributed by atoms with Crippen LogP contribution in [0.1, 0.15) is 70.8 Å². The minimum absolute atomic E-state index is 0.178. The molecular weight excluding hydrogens is 492 g/mol. The van der Waals surface area contributed by atoms with E-state index in [4.69, 9.17) is 9.72 Å². The topological polar surface area (TPSA) is 68.3 Å². The number of fused-ring (bicyclic) bond motifs is 2. The van der Waals surface area contributed by atoms with Gasteiger partial charge in [0, 0.05) is 15.8 Å². The second kappa shape index (κ2) is 10.3. The van der Waals surface area contributed by atoms with Crippen molar-refractivity contribution in [2.24, 2.45) is 11.3 Å². The molecule has 0 aliphatic heterocycles. The molecule has 1 atom stereocenters. The summed E-state index contributed by atoms with van der Waals surface area (Å²) in [5.41, 5.74) is 5.85. The van der Waals surface area contributed by atoms with E-state index in [1.807, 2.05) is 61.5 Å². The number of hydrogen-bond donors (Lipinski definition) is 1. The number of esters is 1. The van der Waals surface area contributed by atoms with Gasteiger partial charge in [-0.25, -0.2) is 9.78 Å². The predicted molar refractivity (Wildman–Crippen MR) is 155 cm³/mol. The smallest absolute Gasteiger partial charge is 0.341 e. The van der Waals surface area contributed by atoms with Crippen LogP contribution in [0.3, 0.4) is 0 Å². The van der Waals surface area contributed by atoms with Crippen molar-refractivity contribution >= 4 is 39.1 Å². The second-order valence-electron chi connectivity index (χ2n) is 11.1. The van der Waals surface area contributed by atoms with Crippen LogP contribution in [0.5, 0.6) is 0 Å². The highest BCUT2D eigenvalue weighted by molar-refractivity contribution is 7.17. The number of hydrogen-bond acceptors (Lipinski definition) is 5. The number of aromatic nitrogens is 1. The highest BCUT2D eigenvalue weighted by atomic mass is 32.1. The fraction of sp³-hybridized carbons (Fsp3) is 0.344. The lowest BCUT2D eigenvalue weighted by molar-refractivity contribution is 0.0526. The number of nitrogens with one attached hydrogen (secondary N) is 1. The molecule has 1 aliphatic rings.